The van der Waals surface area contributed by atoms with Crippen LogP contribution in [0.5, 0.6) is 0 Å². The first-order valence-corrected chi connectivity index (χ1v) is 9.62. The zero-order chi connectivity index (χ0) is 23.7. The van der Waals surface area contributed by atoms with Gasteiger partial charge in [0.05, 0.1) is 32.6 Å². The van der Waals surface area contributed by atoms with Gasteiger partial charge in [-0.1, -0.05) is 30.3 Å². The Morgan fingerprint density at radius 2 is 1.44 bits per heavy atom. The Bertz CT molecular complexity index is 1010. The van der Waals surface area contributed by atoms with Crippen LogP contribution in [0.1, 0.15) is 10.4 Å². The number of azo groups is 1. The summed E-state index contributed by atoms with van der Waals surface area (Å²) in [7, 11) is 3.19. The second-order valence-electron chi connectivity index (χ2n) is 6.06. The fraction of sp³-hybridized carbons (Fsp3) is 0.238. The van der Waals surface area contributed by atoms with E-state index in [9.17, 15) is 19.2 Å². The summed E-state index contributed by atoms with van der Waals surface area (Å²) in [5, 5.41) is 7.84. The highest BCUT2D eigenvalue weighted by molar-refractivity contribution is 6.31. The Labute approximate surface area is 188 Å². The highest BCUT2D eigenvalue weighted by Crippen LogP contribution is 2.31. The molecule has 2 aromatic carbocycles. The molecule has 32 heavy (non-hydrogen) atoms. The quantitative estimate of drug-likeness (QED) is 0.194. The number of nitrogens with zero attached hydrogens (tertiary/aromatic N) is 3. The number of carbonyl (C=O) groups excluding carboxylic acids is 4. The predicted molar refractivity (Wildman–Crippen MR) is 114 cm³/mol. The van der Waals surface area contributed by atoms with E-state index in [0.29, 0.717) is 0 Å². The standard InChI is InChI=1S/C21H20ClN3O7/c1-30-18(27)15-11-7-8-12-16(15)23-24-21(19(28)31-2,20(29)32-3)25(17(26)13-22)14-9-5-4-6-10-14/h4-12H,13H2,1-3H3. The second kappa shape index (κ2) is 11.0. The van der Waals surface area contributed by atoms with Crippen LogP contribution < -0.4 is 4.90 Å². The predicted octanol–water partition coefficient (Wildman–Crippen LogP) is 2.87. The number of benzene rings is 2. The van der Waals surface area contributed by atoms with Crippen molar-refractivity contribution >= 4 is 46.8 Å². The van der Waals surface area contributed by atoms with Crippen molar-refractivity contribution in [1.82, 2.24) is 0 Å². The number of amides is 1. The Hall–Kier alpha value is -3.79. The molecule has 2 aromatic rings. The summed E-state index contributed by atoms with van der Waals surface area (Å²) in [6.45, 7) is 0. The van der Waals surface area contributed by atoms with Crippen molar-refractivity contribution in [2.45, 2.75) is 5.66 Å². The number of anilines is 1. The molecule has 11 heteroatoms. The molecule has 0 aliphatic heterocycles. The first-order chi connectivity index (χ1) is 15.4. The summed E-state index contributed by atoms with van der Waals surface area (Å²) in [6.07, 6.45) is 0. The molecule has 0 fully saturated rings. The first-order valence-electron chi connectivity index (χ1n) is 9.08. The molecule has 0 radical (unpaired) electrons. The van der Waals surface area contributed by atoms with Crippen LogP contribution in [0, 0.1) is 0 Å². The number of hydrogen-bond donors (Lipinski definition) is 0. The summed E-state index contributed by atoms with van der Waals surface area (Å²) in [5.74, 6) is -4.69. The van der Waals surface area contributed by atoms with Crippen molar-refractivity contribution in [1.29, 1.82) is 0 Å². The van der Waals surface area contributed by atoms with Gasteiger partial charge in [0.2, 0.25) is 5.91 Å². The smallest absolute Gasteiger partial charge is 0.369 e. The van der Waals surface area contributed by atoms with E-state index in [-0.39, 0.29) is 16.9 Å². The molecule has 0 atom stereocenters. The van der Waals surface area contributed by atoms with Crippen molar-refractivity contribution in [3.63, 3.8) is 0 Å². The van der Waals surface area contributed by atoms with Crippen LogP contribution in [0.15, 0.2) is 64.8 Å². The maximum Gasteiger partial charge on any atom is 0.369 e. The zero-order valence-electron chi connectivity index (χ0n) is 17.5. The minimum atomic E-state index is -2.72. The molecule has 0 N–H and O–H groups in total. The van der Waals surface area contributed by atoms with E-state index in [4.69, 9.17) is 25.8 Å². The number of hydrogen-bond acceptors (Lipinski definition) is 9. The van der Waals surface area contributed by atoms with Gasteiger partial charge in [-0.25, -0.2) is 14.4 Å². The van der Waals surface area contributed by atoms with E-state index in [1.807, 2.05) is 0 Å². The van der Waals surface area contributed by atoms with Crippen LogP contribution in [-0.2, 0) is 28.6 Å². The molecule has 10 nitrogen and oxygen atoms in total. The van der Waals surface area contributed by atoms with Crippen LogP contribution in [0.2, 0.25) is 0 Å². The molecular formula is C21H20ClN3O7. The minimum Gasteiger partial charge on any atom is -0.465 e. The Morgan fingerprint density at radius 1 is 0.875 bits per heavy atom. The Balaban J connectivity index is 2.82. The molecule has 2 rings (SSSR count). The van der Waals surface area contributed by atoms with Crippen LogP contribution in [-0.4, -0.2) is 56.7 Å². The summed E-state index contributed by atoms with van der Waals surface area (Å²) >= 11 is 5.77. The molecule has 0 spiro atoms. The lowest BCUT2D eigenvalue weighted by Gasteiger charge is -2.34. The lowest BCUT2D eigenvalue weighted by Crippen LogP contribution is -2.62. The van der Waals surface area contributed by atoms with Crippen LogP contribution in [0.25, 0.3) is 0 Å². The highest BCUT2D eigenvalue weighted by Gasteiger charge is 2.57. The van der Waals surface area contributed by atoms with Crippen molar-refractivity contribution in [2.75, 3.05) is 32.1 Å². The number of carbonyl (C=O) groups is 4. The van der Waals surface area contributed by atoms with Crippen molar-refractivity contribution in [2.24, 2.45) is 10.2 Å². The average molecular weight is 462 g/mol. The monoisotopic (exact) mass is 461 g/mol. The maximum absolute atomic E-state index is 13.0. The first kappa shape index (κ1) is 24.5. The summed E-state index contributed by atoms with van der Waals surface area (Å²) in [5.41, 5.74) is -2.63. The van der Waals surface area contributed by atoms with Crippen molar-refractivity contribution in [3.05, 3.63) is 60.2 Å². The molecular weight excluding hydrogens is 442 g/mol. The number of methoxy groups -OCH3 is 3. The number of halogens is 1. The normalized spacial score (nSPS) is 11.0. The minimum absolute atomic E-state index is 0.0114. The number of para-hydroxylation sites is 1. The van der Waals surface area contributed by atoms with Crippen LogP contribution >= 0.6 is 11.6 Å². The second-order valence-corrected chi connectivity index (χ2v) is 6.33. The van der Waals surface area contributed by atoms with E-state index < -0.39 is 35.4 Å². The molecule has 0 bridgehead atoms. The number of ether oxygens (including phenoxy) is 3. The van der Waals surface area contributed by atoms with Crippen LogP contribution in [0.3, 0.4) is 0 Å². The van der Waals surface area contributed by atoms with E-state index in [1.165, 1.54) is 31.4 Å². The summed E-state index contributed by atoms with van der Waals surface area (Å²) in [4.78, 5) is 51.6. The molecule has 168 valence electrons. The number of alkyl halides is 1. The van der Waals surface area contributed by atoms with Gasteiger partial charge in [-0.2, -0.15) is 5.11 Å². The summed E-state index contributed by atoms with van der Waals surface area (Å²) < 4.78 is 14.3. The third kappa shape index (κ3) is 4.75. The van der Waals surface area contributed by atoms with Gasteiger partial charge in [-0.15, -0.1) is 16.7 Å². The molecule has 1 amide bonds. The SMILES string of the molecule is COC(=O)c1ccccc1N=NC(C(=O)OC)(C(=O)OC)N(C(=O)CCl)c1ccccc1. The molecule has 0 aliphatic rings. The molecule has 0 aromatic heterocycles. The van der Waals surface area contributed by atoms with Crippen molar-refractivity contribution < 1.29 is 33.4 Å². The molecule has 0 unspecified atom stereocenters. The van der Waals surface area contributed by atoms with Gasteiger partial charge in [0.25, 0.3) is 0 Å². The lowest BCUT2D eigenvalue weighted by molar-refractivity contribution is -0.162. The lowest BCUT2D eigenvalue weighted by atomic mass is 10.1. The largest absolute Gasteiger partial charge is 0.465 e. The van der Waals surface area contributed by atoms with Gasteiger partial charge >= 0.3 is 23.6 Å². The molecule has 0 saturated heterocycles. The summed E-state index contributed by atoms with van der Waals surface area (Å²) in [6, 6.07) is 13.7. The van der Waals surface area contributed by atoms with Gasteiger partial charge in [0.1, 0.15) is 5.88 Å². The van der Waals surface area contributed by atoms with E-state index in [1.54, 1.807) is 30.3 Å². The van der Waals surface area contributed by atoms with E-state index in [2.05, 4.69) is 10.2 Å². The molecule has 0 aliphatic carbocycles. The van der Waals surface area contributed by atoms with Gasteiger partial charge in [0.15, 0.2) is 0 Å². The molecule has 0 heterocycles. The maximum atomic E-state index is 13.0. The van der Waals surface area contributed by atoms with Gasteiger partial charge in [-0.3, -0.25) is 9.69 Å². The van der Waals surface area contributed by atoms with E-state index in [0.717, 1.165) is 19.1 Å². The fourth-order valence-corrected chi connectivity index (χ4v) is 2.91. The van der Waals surface area contributed by atoms with Crippen molar-refractivity contribution in [3.8, 4) is 0 Å². The fourth-order valence-electron chi connectivity index (χ4n) is 2.79. The third-order valence-corrected chi connectivity index (χ3v) is 4.48. The topological polar surface area (TPSA) is 124 Å². The van der Waals surface area contributed by atoms with Gasteiger partial charge in [-0.05, 0) is 24.3 Å². The third-order valence-electron chi connectivity index (χ3n) is 4.25. The van der Waals surface area contributed by atoms with Crippen LogP contribution in [0.4, 0.5) is 11.4 Å². The van der Waals surface area contributed by atoms with Gasteiger partial charge in [0, 0.05) is 5.69 Å². The number of esters is 3. The Morgan fingerprint density at radius 3 is 1.97 bits per heavy atom. The van der Waals surface area contributed by atoms with Gasteiger partial charge < -0.3 is 14.2 Å². The highest BCUT2D eigenvalue weighted by atomic mass is 35.5. The zero-order valence-corrected chi connectivity index (χ0v) is 18.2. The van der Waals surface area contributed by atoms with E-state index >= 15 is 0 Å². The Kier molecular flexibility index (Phi) is 8.42. The average Bonchev–Trinajstić information content (AvgIpc) is 2.85. The number of rotatable bonds is 8. The molecule has 0 saturated carbocycles.